The Morgan fingerprint density at radius 1 is 1.20 bits per heavy atom. The second-order valence-electron chi connectivity index (χ2n) is 7.33. The van der Waals surface area contributed by atoms with Crippen LogP contribution in [-0.2, 0) is 25.8 Å². The highest BCUT2D eigenvalue weighted by Crippen LogP contribution is 2.35. The summed E-state index contributed by atoms with van der Waals surface area (Å²) in [5.41, 5.74) is 2.00. The molecule has 3 aromatic heterocycles. The summed E-state index contributed by atoms with van der Waals surface area (Å²) in [5, 5.41) is 10.5. The van der Waals surface area contributed by atoms with Crippen LogP contribution in [0.4, 0.5) is 0 Å². The maximum atomic E-state index is 13.5. The van der Waals surface area contributed by atoms with Crippen LogP contribution in [-0.4, -0.2) is 20.6 Å². The largest absolute Gasteiger partial charge is 0.475 e. The molecular weight excluding hydrogens is 424 g/mol. The molecule has 8 heteroatoms. The Hall–Kier alpha value is -2.90. The van der Waals surface area contributed by atoms with E-state index in [4.69, 9.17) is 26.1 Å². The fourth-order valence-corrected chi connectivity index (χ4v) is 5.33. The first-order valence-electron chi connectivity index (χ1n) is 9.60. The molecule has 0 atom stereocenters. The van der Waals surface area contributed by atoms with Gasteiger partial charge in [-0.25, -0.2) is 9.78 Å². The fraction of sp³-hybridized carbons (Fsp3) is 0.227. The first kappa shape index (κ1) is 19.1. The van der Waals surface area contributed by atoms with Gasteiger partial charge in [0.25, 0.3) is 5.56 Å². The van der Waals surface area contributed by atoms with E-state index in [0.717, 1.165) is 35.2 Å². The molecule has 0 aliphatic heterocycles. The molecule has 0 bridgehead atoms. The van der Waals surface area contributed by atoms with E-state index in [1.165, 1.54) is 10.9 Å². The first-order chi connectivity index (χ1) is 14.5. The summed E-state index contributed by atoms with van der Waals surface area (Å²) >= 11 is 7.60. The molecule has 0 unspecified atom stereocenters. The topological polar surface area (TPSA) is 85.3 Å². The Kier molecular flexibility index (Phi) is 4.72. The highest BCUT2D eigenvalue weighted by Gasteiger charge is 2.24. The molecular formula is C22H17ClN2O4S. The van der Waals surface area contributed by atoms with Crippen molar-refractivity contribution in [1.29, 1.82) is 0 Å². The lowest BCUT2D eigenvalue weighted by Crippen LogP contribution is -2.26. The van der Waals surface area contributed by atoms with Gasteiger partial charge in [0.15, 0.2) is 0 Å². The molecule has 1 aliphatic rings. The summed E-state index contributed by atoms with van der Waals surface area (Å²) in [4.78, 5) is 31.5. The van der Waals surface area contributed by atoms with Crippen LogP contribution in [0.25, 0.3) is 10.2 Å². The van der Waals surface area contributed by atoms with Crippen LogP contribution in [0.15, 0.2) is 45.6 Å². The number of aryl methyl sites for hydroxylation is 2. The standard InChI is InChI=1S/C22H17ClN2O4S/c23-13-6-4-12(5-7-13)10-18-24-20-19(15-2-1-3-17(15)30-20)21(26)25(18)11-14-8-9-16(29-14)22(27)28/h4-9H,1-3,10-11H2,(H,27,28). The zero-order valence-electron chi connectivity index (χ0n) is 15.9. The van der Waals surface area contributed by atoms with Crippen molar-refractivity contribution in [3.63, 3.8) is 0 Å². The van der Waals surface area contributed by atoms with Gasteiger partial charge in [0.1, 0.15) is 16.4 Å². The normalized spacial score (nSPS) is 13.1. The maximum Gasteiger partial charge on any atom is 0.371 e. The average Bonchev–Trinajstić information content (AvgIpc) is 3.42. The minimum atomic E-state index is -1.14. The number of rotatable bonds is 5. The summed E-state index contributed by atoms with van der Waals surface area (Å²) in [5.74, 6) is -0.273. The van der Waals surface area contributed by atoms with E-state index < -0.39 is 5.97 Å². The lowest BCUT2D eigenvalue weighted by molar-refractivity contribution is 0.0660. The molecule has 0 radical (unpaired) electrons. The molecule has 6 nitrogen and oxygen atoms in total. The SMILES string of the molecule is O=C(O)c1ccc(Cn2c(Cc3ccc(Cl)cc3)nc3sc4c(c3c2=O)CCC4)o1. The second-order valence-corrected chi connectivity index (χ2v) is 8.85. The Balaban J connectivity index is 1.64. The summed E-state index contributed by atoms with van der Waals surface area (Å²) in [7, 11) is 0. The molecule has 0 saturated heterocycles. The van der Waals surface area contributed by atoms with Gasteiger partial charge in [-0.1, -0.05) is 23.7 Å². The fourth-order valence-electron chi connectivity index (χ4n) is 3.94. The molecule has 0 saturated carbocycles. The Morgan fingerprint density at radius 2 is 2.00 bits per heavy atom. The number of hydrogen-bond donors (Lipinski definition) is 1. The monoisotopic (exact) mass is 440 g/mol. The quantitative estimate of drug-likeness (QED) is 0.492. The van der Waals surface area contributed by atoms with Crippen molar-refractivity contribution in [2.45, 2.75) is 32.2 Å². The van der Waals surface area contributed by atoms with Crippen LogP contribution in [0.2, 0.25) is 5.02 Å². The maximum absolute atomic E-state index is 13.5. The number of benzene rings is 1. The predicted octanol–water partition coefficient (Wildman–Crippen LogP) is 4.53. The minimum absolute atomic E-state index is 0.100. The van der Waals surface area contributed by atoms with Crippen molar-refractivity contribution in [2.75, 3.05) is 0 Å². The van der Waals surface area contributed by atoms with E-state index in [2.05, 4.69) is 0 Å². The second kappa shape index (κ2) is 7.41. The highest BCUT2D eigenvalue weighted by atomic mass is 35.5. The number of carboxylic acids is 1. The van der Waals surface area contributed by atoms with Crippen molar-refractivity contribution in [2.24, 2.45) is 0 Å². The molecule has 1 N–H and O–H groups in total. The van der Waals surface area contributed by atoms with Gasteiger partial charge in [-0.05, 0) is 54.7 Å². The van der Waals surface area contributed by atoms with Crippen LogP contribution in [0, 0.1) is 0 Å². The van der Waals surface area contributed by atoms with E-state index in [0.29, 0.717) is 28.4 Å². The lowest BCUT2D eigenvalue weighted by atomic mass is 10.1. The minimum Gasteiger partial charge on any atom is -0.475 e. The van der Waals surface area contributed by atoms with E-state index in [1.807, 2.05) is 24.3 Å². The zero-order valence-corrected chi connectivity index (χ0v) is 17.4. The van der Waals surface area contributed by atoms with Gasteiger partial charge in [0.05, 0.1) is 11.9 Å². The van der Waals surface area contributed by atoms with Crippen molar-refractivity contribution >= 4 is 39.1 Å². The van der Waals surface area contributed by atoms with Gasteiger partial charge in [-0.15, -0.1) is 11.3 Å². The van der Waals surface area contributed by atoms with Gasteiger partial charge in [-0.3, -0.25) is 9.36 Å². The molecule has 3 heterocycles. The molecule has 0 fully saturated rings. The van der Waals surface area contributed by atoms with Gasteiger partial charge >= 0.3 is 5.97 Å². The molecule has 1 aliphatic carbocycles. The lowest BCUT2D eigenvalue weighted by Gasteiger charge is -2.12. The van der Waals surface area contributed by atoms with E-state index in [9.17, 15) is 9.59 Å². The van der Waals surface area contributed by atoms with Crippen LogP contribution in [0.5, 0.6) is 0 Å². The van der Waals surface area contributed by atoms with Gasteiger partial charge < -0.3 is 9.52 Å². The zero-order chi connectivity index (χ0) is 20.8. The molecule has 152 valence electrons. The third kappa shape index (κ3) is 3.34. The van der Waals surface area contributed by atoms with E-state index in [1.54, 1.807) is 22.0 Å². The Bertz CT molecular complexity index is 1330. The number of nitrogens with zero attached hydrogens (tertiary/aromatic N) is 2. The van der Waals surface area contributed by atoms with Crippen molar-refractivity contribution in [3.05, 3.63) is 85.1 Å². The van der Waals surface area contributed by atoms with Gasteiger partial charge in [-0.2, -0.15) is 0 Å². The van der Waals surface area contributed by atoms with Gasteiger partial charge in [0, 0.05) is 16.3 Å². The summed E-state index contributed by atoms with van der Waals surface area (Å²) in [6.45, 7) is 0.128. The molecule has 0 amide bonds. The third-order valence-electron chi connectivity index (χ3n) is 5.37. The number of carbonyl (C=O) groups is 1. The molecule has 4 aromatic rings. The Labute approximate surface area is 180 Å². The van der Waals surface area contributed by atoms with Crippen molar-refractivity contribution < 1.29 is 14.3 Å². The van der Waals surface area contributed by atoms with Crippen LogP contribution in [0.1, 0.15) is 44.6 Å². The van der Waals surface area contributed by atoms with E-state index >= 15 is 0 Å². The van der Waals surface area contributed by atoms with Crippen molar-refractivity contribution in [3.8, 4) is 0 Å². The highest BCUT2D eigenvalue weighted by molar-refractivity contribution is 7.18. The smallest absolute Gasteiger partial charge is 0.371 e. The van der Waals surface area contributed by atoms with Crippen LogP contribution in [0.3, 0.4) is 0 Å². The Morgan fingerprint density at radius 3 is 2.73 bits per heavy atom. The number of furan rings is 1. The molecule has 0 spiro atoms. The summed E-state index contributed by atoms with van der Waals surface area (Å²) < 4.78 is 7.01. The number of halogens is 1. The van der Waals surface area contributed by atoms with Gasteiger partial charge in [0.2, 0.25) is 5.76 Å². The van der Waals surface area contributed by atoms with Crippen LogP contribution < -0.4 is 5.56 Å². The van der Waals surface area contributed by atoms with Crippen LogP contribution >= 0.6 is 22.9 Å². The average molecular weight is 441 g/mol. The number of carboxylic acid groups (broad SMARTS) is 1. The number of aromatic carboxylic acids is 1. The number of aromatic nitrogens is 2. The third-order valence-corrected chi connectivity index (χ3v) is 6.80. The molecule has 5 rings (SSSR count). The number of fused-ring (bicyclic) bond motifs is 3. The van der Waals surface area contributed by atoms with Crippen molar-refractivity contribution in [1.82, 2.24) is 9.55 Å². The summed E-state index contributed by atoms with van der Waals surface area (Å²) in [6, 6.07) is 10.4. The number of thiophene rings is 1. The van der Waals surface area contributed by atoms with E-state index in [-0.39, 0.29) is 17.9 Å². The first-order valence-corrected chi connectivity index (χ1v) is 10.8. The summed E-state index contributed by atoms with van der Waals surface area (Å²) in [6.07, 6.45) is 3.40. The predicted molar refractivity (Wildman–Crippen MR) is 115 cm³/mol. The molecule has 1 aromatic carbocycles. The number of hydrogen-bond acceptors (Lipinski definition) is 5. The molecule has 30 heavy (non-hydrogen) atoms.